The predicted molar refractivity (Wildman–Crippen MR) is 77.8 cm³/mol. The third-order valence-electron chi connectivity index (χ3n) is 2.87. The van der Waals surface area contributed by atoms with E-state index < -0.39 is 22.0 Å². The number of benzene rings is 1. The van der Waals surface area contributed by atoms with Gasteiger partial charge in [-0.05, 0) is 24.1 Å². The molecule has 0 aliphatic carbocycles. The Labute approximate surface area is 119 Å². The smallest absolute Gasteiger partial charge is 0.321 e. The molecule has 1 aromatic rings. The molecule has 0 saturated carbocycles. The van der Waals surface area contributed by atoms with Crippen molar-refractivity contribution in [2.45, 2.75) is 37.1 Å². The minimum absolute atomic E-state index is 0.0471. The van der Waals surface area contributed by atoms with Crippen LogP contribution in [0.4, 0.5) is 0 Å². The Balaban J connectivity index is 2.90. The average molecular weight is 297 g/mol. The van der Waals surface area contributed by atoms with Gasteiger partial charge in [-0.15, -0.1) is 0 Å². The van der Waals surface area contributed by atoms with E-state index >= 15 is 0 Å². The van der Waals surface area contributed by atoms with Gasteiger partial charge in [0.05, 0.1) is 4.90 Å². The van der Waals surface area contributed by atoms with E-state index in [9.17, 15) is 13.2 Å². The second kappa shape index (κ2) is 7.21. The van der Waals surface area contributed by atoms with Gasteiger partial charge in [-0.1, -0.05) is 44.6 Å². The minimum atomic E-state index is -3.83. The third kappa shape index (κ3) is 4.47. The molecule has 0 radical (unpaired) electrons. The van der Waals surface area contributed by atoms with Crippen molar-refractivity contribution >= 4 is 22.1 Å². The largest absolute Gasteiger partial charge is 0.480 e. The molecule has 20 heavy (non-hydrogen) atoms. The molecule has 0 aromatic heterocycles. The maximum Gasteiger partial charge on any atom is 0.321 e. The Hall–Kier alpha value is -1.66. The third-order valence-corrected chi connectivity index (χ3v) is 4.36. The summed E-state index contributed by atoms with van der Waals surface area (Å²) in [5, 5.41) is 9.05. The van der Waals surface area contributed by atoms with Crippen molar-refractivity contribution in [3.63, 3.8) is 0 Å². The maximum absolute atomic E-state index is 12.1. The van der Waals surface area contributed by atoms with Crippen LogP contribution in [0.25, 0.3) is 6.08 Å². The number of aliphatic carboxylic acids is 1. The fourth-order valence-electron chi connectivity index (χ4n) is 1.68. The van der Waals surface area contributed by atoms with Crippen molar-refractivity contribution in [3.8, 4) is 0 Å². The number of hydrogen-bond acceptors (Lipinski definition) is 3. The highest BCUT2D eigenvalue weighted by atomic mass is 32.2. The van der Waals surface area contributed by atoms with E-state index in [-0.39, 0.29) is 11.3 Å². The lowest BCUT2D eigenvalue weighted by atomic mass is 10.1. The first-order valence-electron chi connectivity index (χ1n) is 6.38. The van der Waals surface area contributed by atoms with Crippen LogP contribution >= 0.6 is 0 Å². The summed E-state index contributed by atoms with van der Waals surface area (Å²) in [7, 11) is -3.83. The summed E-state index contributed by atoms with van der Waals surface area (Å²) in [5.74, 6) is -1.16. The highest BCUT2D eigenvalue weighted by Gasteiger charge is 2.24. The van der Waals surface area contributed by atoms with Crippen LogP contribution in [0.2, 0.25) is 0 Å². The van der Waals surface area contributed by atoms with E-state index in [2.05, 4.69) is 11.3 Å². The number of rotatable bonds is 8. The van der Waals surface area contributed by atoms with Crippen LogP contribution in [0.15, 0.2) is 35.7 Å². The van der Waals surface area contributed by atoms with Gasteiger partial charge in [-0.25, -0.2) is 8.42 Å². The standard InChI is InChI=1S/C14H19NO4S/c1-3-5-6-13(14(16)17)15-20(18,19)12-9-7-11(4-2)8-10-12/h4,7-10,13,15H,2-3,5-6H2,1H3,(H,16,17). The summed E-state index contributed by atoms with van der Waals surface area (Å²) in [6, 6.07) is 4.99. The van der Waals surface area contributed by atoms with E-state index in [4.69, 9.17) is 5.11 Å². The fourth-order valence-corrected chi connectivity index (χ4v) is 2.90. The summed E-state index contributed by atoms with van der Waals surface area (Å²) in [5.41, 5.74) is 0.796. The molecule has 0 fully saturated rings. The summed E-state index contributed by atoms with van der Waals surface area (Å²) in [4.78, 5) is 11.1. The number of unbranched alkanes of at least 4 members (excludes halogenated alkanes) is 1. The fraction of sp³-hybridized carbons (Fsp3) is 0.357. The molecule has 0 bridgehead atoms. The highest BCUT2D eigenvalue weighted by Crippen LogP contribution is 2.13. The lowest BCUT2D eigenvalue weighted by molar-refractivity contribution is -0.139. The summed E-state index contributed by atoms with van der Waals surface area (Å²) >= 11 is 0. The summed E-state index contributed by atoms with van der Waals surface area (Å²) in [6.45, 7) is 5.50. The van der Waals surface area contributed by atoms with Gasteiger partial charge < -0.3 is 5.11 Å². The van der Waals surface area contributed by atoms with Gasteiger partial charge in [0.2, 0.25) is 10.0 Å². The molecular formula is C14H19NO4S. The SMILES string of the molecule is C=Cc1ccc(S(=O)(=O)NC(CCCC)C(=O)O)cc1. The highest BCUT2D eigenvalue weighted by molar-refractivity contribution is 7.89. The van der Waals surface area contributed by atoms with Crippen LogP contribution in [0.5, 0.6) is 0 Å². The van der Waals surface area contributed by atoms with E-state index in [1.807, 2.05) is 6.92 Å². The predicted octanol–water partition coefficient (Wildman–Crippen LogP) is 2.25. The van der Waals surface area contributed by atoms with Gasteiger partial charge >= 0.3 is 5.97 Å². The molecule has 0 heterocycles. The minimum Gasteiger partial charge on any atom is -0.480 e. The van der Waals surface area contributed by atoms with E-state index in [1.54, 1.807) is 18.2 Å². The number of carbonyl (C=O) groups is 1. The molecule has 1 unspecified atom stereocenters. The van der Waals surface area contributed by atoms with Crippen LogP contribution in [0.3, 0.4) is 0 Å². The number of hydrogen-bond donors (Lipinski definition) is 2. The zero-order valence-corrected chi connectivity index (χ0v) is 12.2. The first-order valence-corrected chi connectivity index (χ1v) is 7.86. The van der Waals surface area contributed by atoms with Crippen molar-refractivity contribution in [2.75, 3.05) is 0 Å². The zero-order chi connectivity index (χ0) is 15.2. The Morgan fingerprint density at radius 3 is 2.45 bits per heavy atom. The van der Waals surface area contributed by atoms with Gasteiger partial charge in [-0.3, -0.25) is 4.79 Å². The Bertz CT molecular complexity index is 563. The number of carboxylic acids is 1. The van der Waals surface area contributed by atoms with E-state index in [0.717, 1.165) is 12.0 Å². The van der Waals surface area contributed by atoms with E-state index in [1.165, 1.54) is 12.1 Å². The van der Waals surface area contributed by atoms with Crippen LogP contribution in [-0.2, 0) is 14.8 Å². The molecule has 0 aliphatic rings. The van der Waals surface area contributed by atoms with Crippen molar-refractivity contribution in [3.05, 3.63) is 36.4 Å². The Morgan fingerprint density at radius 1 is 1.40 bits per heavy atom. The maximum atomic E-state index is 12.1. The molecule has 6 heteroatoms. The zero-order valence-electron chi connectivity index (χ0n) is 11.4. The molecular weight excluding hydrogens is 278 g/mol. The molecule has 1 rings (SSSR count). The molecule has 0 amide bonds. The average Bonchev–Trinajstić information content (AvgIpc) is 2.43. The molecule has 2 N–H and O–H groups in total. The van der Waals surface area contributed by atoms with Crippen molar-refractivity contribution in [1.82, 2.24) is 4.72 Å². The molecule has 5 nitrogen and oxygen atoms in total. The lowest BCUT2D eigenvalue weighted by Crippen LogP contribution is -2.40. The van der Waals surface area contributed by atoms with Gasteiger partial charge in [-0.2, -0.15) is 4.72 Å². The molecule has 0 saturated heterocycles. The van der Waals surface area contributed by atoms with Crippen LogP contribution < -0.4 is 4.72 Å². The topological polar surface area (TPSA) is 83.5 Å². The number of sulfonamides is 1. The van der Waals surface area contributed by atoms with Crippen molar-refractivity contribution < 1.29 is 18.3 Å². The number of nitrogens with one attached hydrogen (secondary N) is 1. The molecule has 0 aliphatic heterocycles. The van der Waals surface area contributed by atoms with Crippen LogP contribution in [0, 0.1) is 0 Å². The monoisotopic (exact) mass is 297 g/mol. The molecule has 1 atom stereocenters. The number of carboxylic acid groups (broad SMARTS) is 1. The van der Waals surface area contributed by atoms with Gasteiger partial charge in [0.25, 0.3) is 0 Å². The molecule has 110 valence electrons. The Morgan fingerprint density at radius 2 is 2.00 bits per heavy atom. The van der Waals surface area contributed by atoms with Gasteiger partial charge in [0.15, 0.2) is 0 Å². The van der Waals surface area contributed by atoms with Gasteiger partial charge in [0.1, 0.15) is 6.04 Å². The second-order valence-electron chi connectivity index (χ2n) is 4.43. The van der Waals surface area contributed by atoms with Gasteiger partial charge in [0, 0.05) is 0 Å². The quantitative estimate of drug-likeness (QED) is 0.771. The normalized spacial score (nSPS) is 12.8. The van der Waals surface area contributed by atoms with Crippen molar-refractivity contribution in [1.29, 1.82) is 0 Å². The van der Waals surface area contributed by atoms with Crippen molar-refractivity contribution in [2.24, 2.45) is 0 Å². The first-order chi connectivity index (χ1) is 9.40. The lowest BCUT2D eigenvalue weighted by Gasteiger charge is -2.14. The Kier molecular flexibility index (Phi) is 5.91. The van der Waals surface area contributed by atoms with Crippen LogP contribution in [-0.4, -0.2) is 25.5 Å². The van der Waals surface area contributed by atoms with Crippen LogP contribution in [0.1, 0.15) is 31.7 Å². The van der Waals surface area contributed by atoms with E-state index in [0.29, 0.717) is 6.42 Å². The molecule has 1 aromatic carbocycles. The second-order valence-corrected chi connectivity index (χ2v) is 6.14. The summed E-state index contributed by atoms with van der Waals surface area (Å²) in [6.07, 6.45) is 3.33. The summed E-state index contributed by atoms with van der Waals surface area (Å²) < 4.78 is 26.4. The molecule has 0 spiro atoms. The first kappa shape index (κ1) is 16.4.